The number of aromatic carboxylic acids is 1. The zero-order chi connectivity index (χ0) is 22.0. The number of rotatable bonds is 7. The summed E-state index contributed by atoms with van der Waals surface area (Å²) in [5.41, 5.74) is 7.47. The Balaban J connectivity index is 2.37. The van der Waals surface area contributed by atoms with Gasteiger partial charge in [-0.1, -0.05) is 11.6 Å². The summed E-state index contributed by atoms with van der Waals surface area (Å²) in [5, 5.41) is 10.1. The summed E-state index contributed by atoms with van der Waals surface area (Å²) in [6.45, 7) is 5.62. The smallest absolute Gasteiger partial charge is 0.341 e. The Morgan fingerprint density at radius 1 is 1.37 bits per heavy atom. The fourth-order valence-corrected chi connectivity index (χ4v) is 3.68. The third-order valence-electron chi connectivity index (χ3n) is 4.95. The molecule has 0 amide bonds. The van der Waals surface area contributed by atoms with Crippen molar-refractivity contribution in [1.29, 1.82) is 0 Å². The quantitative estimate of drug-likeness (QED) is 0.592. The Morgan fingerprint density at radius 2 is 2.10 bits per heavy atom. The van der Waals surface area contributed by atoms with Crippen LogP contribution in [0.4, 0.5) is 11.5 Å². The molecule has 0 bridgehead atoms. The van der Waals surface area contributed by atoms with Crippen LogP contribution >= 0.6 is 11.6 Å². The third-order valence-corrected chi connectivity index (χ3v) is 5.26. The summed E-state index contributed by atoms with van der Waals surface area (Å²) in [4.78, 5) is 30.7. The zero-order valence-corrected chi connectivity index (χ0v) is 17.7. The molecule has 3 rings (SSSR count). The van der Waals surface area contributed by atoms with E-state index in [1.807, 2.05) is 18.7 Å². The molecular formula is C21H23ClN4O4. The average Bonchev–Trinajstić information content (AvgIpc) is 2.70. The first-order valence-corrected chi connectivity index (χ1v) is 9.74. The number of methoxy groups -OCH3 is 1. The van der Waals surface area contributed by atoms with Crippen molar-refractivity contribution in [2.75, 3.05) is 37.4 Å². The molecule has 3 aromatic rings. The Hall–Kier alpha value is -3.10. The Bertz CT molecular complexity index is 1180. The number of halogens is 1. The number of benzene rings is 1. The van der Waals surface area contributed by atoms with E-state index in [1.54, 1.807) is 30.0 Å². The van der Waals surface area contributed by atoms with Gasteiger partial charge in [0.15, 0.2) is 0 Å². The summed E-state index contributed by atoms with van der Waals surface area (Å²) in [6, 6.07) is 5.00. The van der Waals surface area contributed by atoms with Crippen molar-refractivity contribution in [2.45, 2.75) is 13.8 Å². The number of ether oxygens (including phenoxy) is 1. The van der Waals surface area contributed by atoms with E-state index in [-0.39, 0.29) is 10.9 Å². The highest BCUT2D eigenvalue weighted by molar-refractivity contribution is 6.34. The van der Waals surface area contributed by atoms with Gasteiger partial charge in [0.1, 0.15) is 11.4 Å². The highest BCUT2D eigenvalue weighted by atomic mass is 35.5. The number of nitrogen functional groups attached to an aromatic ring is 1. The minimum atomic E-state index is -1.31. The van der Waals surface area contributed by atoms with Gasteiger partial charge in [-0.15, -0.1) is 0 Å². The number of hydrogen-bond acceptors (Lipinski definition) is 6. The predicted molar refractivity (Wildman–Crippen MR) is 118 cm³/mol. The second-order valence-corrected chi connectivity index (χ2v) is 7.24. The van der Waals surface area contributed by atoms with Crippen LogP contribution in [0.3, 0.4) is 0 Å². The molecule has 0 saturated heterocycles. The van der Waals surface area contributed by atoms with Crippen LogP contribution in [0, 0.1) is 6.92 Å². The van der Waals surface area contributed by atoms with Crippen molar-refractivity contribution >= 4 is 40.0 Å². The number of carboxylic acid groups (broad SMARTS) is 1. The molecule has 0 radical (unpaired) electrons. The lowest BCUT2D eigenvalue weighted by atomic mass is 10.1. The highest BCUT2D eigenvalue weighted by Crippen LogP contribution is 2.32. The molecular weight excluding hydrogens is 408 g/mol. The maximum absolute atomic E-state index is 12.8. The van der Waals surface area contributed by atoms with Gasteiger partial charge in [-0.2, -0.15) is 0 Å². The fraction of sp³-hybridized carbons (Fsp3) is 0.286. The number of aromatic nitrogens is 2. The average molecular weight is 431 g/mol. The molecule has 0 aliphatic heterocycles. The number of hydrogen-bond donors (Lipinski definition) is 2. The predicted octanol–water partition coefficient (Wildman–Crippen LogP) is 3.10. The van der Waals surface area contributed by atoms with Crippen LogP contribution in [0.15, 0.2) is 35.4 Å². The van der Waals surface area contributed by atoms with Crippen LogP contribution in [-0.4, -0.2) is 47.4 Å². The lowest BCUT2D eigenvalue weighted by Crippen LogP contribution is -2.27. The number of carboxylic acids is 1. The Morgan fingerprint density at radius 3 is 2.70 bits per heavy atom. The molecule has 0 aliphatic carbocycles. The number of pyridine rings is 2. The maximum atomic E-state index is 12.8. The molecule has 9 heteroatoms. The summed E-state index contributed by atoms with van der Waals surface area (Å²) < 4.78 is 6.82. The number of nitrogens with zero attached hydrogens (tertiary/aromatic N) is 3. The topological polar surface area (TPSA) is 111 Å². The highest BCUT2D eigenvalue weighted by Gasteiger charge is 2.19. The number of carbonyl (C=O) groups is 1. The summed E-state index contributed by atoms with van der Waals surface area (Å²) >= 11 is 6.50. The van der Waals surface area contributed by atoms with Crippen LogP contribution < -0.4 is 16.1 Å². The second-order valence-electron chi connectivity index (χ2n) is 6.84. The Labute approximate surface area is 178 Å². The standard InChI is InChI=1S/C21H23ClN4O4/c1-4-25(5-6-30-3)17-9-16-13(8-15(17)22)20(27)14(21(28)29)11-26(16)18-10-24-19(23)7-12(18)2/h7-11H,4-6H2,1-3H3,(H2,23,24)(H,28,29). The maximum Gasteiger partial charge on any atom is 0.341 e. The largest absolute Gasteiger partial charge is 0.477 e. The Kier molecular flexibility index (Phi) is 6.28. The second kappa shape index (κ2) is 8.73. The van der Waals surface area contributed by atoms with E-state index in [2.05, 4.69) is 4.98 Å². The van der Waals surface area contributed by atoms with Gasteiger partial charge in [-0.3, -0.25) is 4.79 Å². The normalized spacial score (nSPS) is 11.1. The fourth-order valence-electron chi connectivity index (χ4n) is 3.40. The van der Waals surface area contributed by atoms with Crippen molar-refractivity contribution in [3.05, 3.63) is 57.0 Å². The van der Waals surface area contributed by atoms with Crippen LogP contribution in [0.1, 0.15) is 22.8 Å². The first-order valence-electron chi connectivity index (χ1n) is 9.37. The van der Waals surface area contributed by atoms with E-state index in [0.717, 1.165) is 11.3 Å². The minimum Gasteiger partial charge on any atom is -0.477 e. The first-order chi connectivity index (χ1) is 14.3. The molecule has 0 unspecified atom stereocenters. The van der Waals surface area contributed by atoms with Gasteiger partial charge in [-0.25, -0.2) is 9.78 Å². The number of likely N-dealkylation sites (N-methyl/N-ethyl adjacent to an activating group) is 1. The van der Waals surface area contributed by atoms with Crippen LogP contribution in [0.5, 0.6) is 0 Å². The number of nitrogens with two attached hydrogens (primary N) is 1. The van der Waals surface area contributed by atoms with Crippen LogP contribution in [-0.2, 0) is 4.74 Å². The third kappa shape index (κ3) is 3.96. The van der Waals surface area contributed by atoms with Crippen LogP contribution in [0.25, 0.3) is 16.6 Å². The van der Waals surface area contributed by atoms with Gasteiger partial charge in [0.25, 0.3) is 0 Å². The lowest BCUT2D eigenvalue weighted by molar-refractivity contribution is 0.0695. The van der Waals surface area contributed by atoms with Crippen molar-refractivity contribution in [2.24, 2.45) is 0 Å². The summed E-state index contributed by atoms with van der Waals surface area (Å²) in [7, 11) is 1.62. The molecule has 8 nitrogen and oxygen atoms in total. The summed E-state index contributed by atoms with van der Waals surface area (Å²) in [6.07, 6.45) is 2.87. The summed E-state index contributed by atoms with van der Waals surface area (Å²) in [5.74, 6) is -0.965. The molecule has 0 aliphatic rings. The van der Waals surface area contributed by atoms with E-state index in [9.17, 15) is 14.7 Å². The van der Waals surface area contributed by atoms with E-state index < -0.39 is 11.4 Å². The number of aryl methyl sites for hydroxylation is 1. The van der Waals surface area contributed by atoms with Gasteiger partial charge in [0.05, 0.1) is 34.7 Å². The van der Waals surface area contributed by atoms with Crippen molar-refractivity contribution in [3.63, 3.8) is 0 Å². The minimum absolute atomic E-state index is 0.211. The molecule has 0 fully saturated rings. The number of fused-ring (bicyclic) bond motifs is 1. The molecule has 2 aromatic heterocycles. The van der Waals surface area contributed by atoms with Gasteiger partial charge < -0.3 is 25.0 Å². The SMILES string of the molecule is CCN(CCOC)c1cc2c(cc1Cl)c(=O)c(C(=O)O)cn2-c1cnc(N)cc1C. The van der Waals surface area contributed by atoms with E-state index in [4.69, 9.17) is 22.1 Å². The molecule has 0 saturated carbocycles. The van der Waals surface area contributed by atoms with E-state index in [1.165, 1.54) is 12.3 Å². The molecule has 158 valence electrons. The number of anilines is 2. The molecule has 1 aromatic carbocycles. The molecule has 0 atom stereocenters. The van der Waals surface area contributed by atoms with Gasteiger partial charge in [0, 0.05) is 31.8 Å². The van der Waals surface area contributed by atoms with E-state index >= 15 is 0 Å². The molecule has 3 N–H and O–H groups in total. The molecule has 2 heterocycles. The van der Waals surface area contributed by atoms with Crippen molar-refractivity contribution in [1.82, 2.24) is 9.55 Å². The van der Waals surface area contributed by atoms with Gasteiger partial charge >= 0.3 is 5.97 Å². The zero-order valence-electron chi connectivity index (χ0n) is 17.0. The lowest BCUT2D eigenvalue weighted by Gasteiger charge is -2.25. The van der Waals surface area contributed by atoms with Gasteiger partial charge in [-0.05, 0) is 37.6 Å². The molecule has 30 heavy (non-hydrogen) atoms. The first kappa shape index (κ1) is 21.6. The monoisotopic (exact) mass is 430 g/mol. The van der Waals surface area contributed by atoms with E-state index in [0.29, 0.717) is 41.7 Å². The van der Waals surface area contributed by atoms with Crippen LogP contribution in [0.2, 0.25) is 5.02 Å². The van der Waals surface area contributed by atoms with Gasteiger partial charge in [0.2, 0.25) is 5.43 Å². The van der Waals surface area contributed by atoms with Crippen molar-refractivity contribution < 1.29 is 14.6 Å². The van der Waals surface area contributed by atoms with Crippen molar-refractivity contribution in [3.8, 4) is 5.69 Å². The molecule has 0 spiro atoms.